The summed E-state index contributed by atoms with van der Waals surface area (Å²) in [5, 5.41) is 10.5. The van der Waals surface area contributed by atoms with E-state index in [-0.39, 0.29) is 36.0 Å². The van der Waals surface area contributed by atoms with Crippen LogP contribution in [0.25, 0.3) is 0 Å². The number of halogens is 1. The molecule has 0 spiro atoms. The van der Waals surface area contributed by atoms with Crippen LogP contribution < -0.4 is 10.0 Å². The van der Waals surface area contributed by atoms with Crippen molar-refractivity contribution in [1.29, 1.82) is 0 Å². The number of carboxylic acid groups (broad SMARTS) is 1. The molecule has 7 nitrogen and oxygen atoms in total. The van der Waals surface area contributed by atoms with E-state index in [2.05, 4.69) is 4.99 Å². The monoisotopic (exact) mass is 399 g/mol. The largest absolute Gasteiger partial charge is 0.550 e. The van der Waals surface area contributed by atoms with Crippen molar-refractivity contribution >= 4 is 44.3 Å². The van der Waals surface area contributed by atoms with Crippen LogP contribution >= 0.6 is 11.8 Å². The molecule has 2 heterocycles. The van der Waals surface area contributed by atoms with Gasteiger partial charge in [0.1, 0.15) is 5.82 Å². The Bertz CT molecular complexity index is 871. The van der Waals surface area contributed by atoms with Crippen LogP contribution in [0.15, 0.2) is 29.3 Å². The third-order valence-corrected chi connectivity index (χ3v) is 7.35. The summed E-state index contributed by atoms with van der Waals surface area (Å²) in [7, 11) is -3.20. The number of anilines is 1. The van der Waals surface area contributed by atoms with Crippen LogP contribution in [0.2, 0.25) is 0 Å². The number of thioether (sulfide) groups is 1. The van der Waals surface area contributed by atoms with Gasteiger partial charge in [0, 0.05) is 23.3 Å². The number of amides is 1. The number of hydrogen-bond acceptors (Lipinski definition) is 6. The van der Waals surface area contributed by atoms with Crippen LogP contribution in [0, 0.1) is 5.82 Å². The molecule has 0 aliphatic carbocycles. The van der Waals surface area contributed by atoms with Crippen molar-refractivity contribution in [1.82, 2.24) is 0 Å². The zero-order valence-electron chi connectivity index (χ0n) is 13.6. The van der Waals surface area contributed by atoms with Gasteiger partial charge < -0.3 is 14.8 Å². The normalized spacial score (nSPS) is 25.4. The molecule has 1 amide bonds. The first-order chi connectivity index (χ1) is 12.2. The van der Waals surface area contributed by atoms with Crippen molar-refractivity contribution in [2.24, 2.45) is 4.99 Å². The molecule has 2 aliphatic rings. The SMILES string of the molecule is O=C([O-])CCCC(=O)N=C1S[C@@H]2CS(=O)(=O)C[C@H]2N1c1cccc(F)c1. The predicted molar refractivity (Wildman–Crippen MR) is 94.0 cm³/mol. The van der Waals surface area contributed by atoms with Gasteiger partial charge in [-0.1, -0.05) is 17.8 Å². The molecule has 0 saturated carbocycles. The first-order valence-electron chi connectivity index (χ1n) is 7.98. The molecule has 3 rings (SSSR count). The van der Waals surface area contributed by atoms with Crippen molar-refractivity contribution < 1.29 is 27.5 Å². The van der Waals surface area contributed by atoms with E-state index < -0.39 is 33.6 Å². The molecule has 140 valence electrons. The Kier molecular flexibility index (Phi) is 5.33. The summed E-state index contributed by atoms with van der Waals surface area (Å²) in [4.78, 5) is 28.1. The fraction of sp³-hybridized carbons (Fsp3) is 0.438. The maximum absolute atomic E-state index is 13.6. The molecular formula is C16H16FN2O5S2-. The Morgan fingerprint density at radius 1 is 1.31 bits per heavy atom. The van der Waals surface area contributed by atoms with E-state index >= 15 is 0 Å². The quantitative estimate of drug-likeness (QED) is 0.703. The summed E-state index contributed by atoms with van der Waals surface area (Å²) >= 11 is 1.19. The minimum atomic E-state index is -3.20. The van der Waals surface area contributed by atoms with E-state index in [1.165, 1.54) is 30.0 Å². The molecule has 2 atom stereocenters. The number of aliphatic carboxylic acids is 1. The molecule has 0 bridgehead atoms. The average Bonchev–Trinajstić information content (AvgIpc) is 2.97. The van der Waals surface area contributed by atoms with Crippen LogP contribution in [0.4, 0.5) is 10.1 Å². The number of amidine groups is 1. The fourth-order valence-corrected chi connectivity index (χ4v) is 6.97. The van der Waals surface area contributed by atoms with Crippen molar-refractivity contribution in [2.75, 3.05) is 16.4 Å². The standard InChI is InChI=1S/C16H17FN2O5S2/c17-10-3-1-4-11(7-10)19-12-8-26(23,24)9-13(12)25-16(19)18-14(20)5-2-6-15(21)22/h1,3-4,7,12-13H,2,5-6,8-9H2,(H,21,22)/p-1/t12-,13-/m1/s1. The van der Waals surface area contributed by atoms with E-state index in [9.17, 15) is 27.5 Å². The summed E-state index contributed by atoms with van der Waals surface area (Å²) in [5.41, 5.74) is 0.434. The lowest BCUT2D eigenvalue weighted by Crippen LogP contribution is -2.37. The van der Waals surface area contributed by atoms with Gasteiger partial charge in [0.05, 0.1) is 17.5 Å². The number of nitrogens with zero attached hydrogens (tertiary/aromatic N) is 2. The van der Waals surface area contributed by atoms with E-state index in [1.807, 2.05) is 0 Å². The summed E-state index contributed by atoms with van der Waals surface area (Å²) in [5.74, 6) is -2.32. The molecule has 26 heavy (non-hydrogen) atoms. The minimum Gasteiger partial charge on any atom is -0.550 e. The molecule has 0 N–H and O–H groups in total. The number of hydrogen-bond donors (Lipinski definition) is 0. The zero-order valence-corrected chi connectivity index (χ0v) is 15.3. The molecule has 1 aromatic rings. The average molecular weight is 399 g/mol. The van der Waals surface area contributed by atoms with Crippen LogP contribution in [0.1, 0.15) is 19.3 Å². The van der Waals surface area contributed by atoms with Crippen molar-refractivity contribution in [3.8, 4) is 0 Å². The molecule has 2 aliphatic heterocycles. The number of fused-ring (bicyclic) bond motifs is 1. The van der Waals surface area contributed by atoms with Crippen LogP contribution in [0.3, 0.4) is 0 Å². The Morgan fingerprint density at radius 2 is 2.08 bits per heavy atom. The summed E-state index contributed by atoms with van der Waals surface area (Å²) < 4.78 is 37.5. The van der Waals surface area contributed by atoms with Gasteiger partial charge in [-0.2, -0.15) is 4.99 Å². The number of carboxylic acids is 1. The Labute approximate surface area is 154 Å². The summed E-state index contributed by atoms with van der Waals surface area (Å²) in [6.45, 7) is 0. The Balaban J connectivity index is 1.85. The third-order valence-electron chi connectivity index (χ3n) is 4.14. The minimum absolute atomic E-state index is 0.0218. The molecule has 0 aromatic heterocycles. The van der Waals surface area contributed by atoms with E-state index in [0.717, 1.165) is 0 Å². The number of aliphatic imine (C=N–C) groups is 1. The van der Waals surface area contributed by atoms with Gasteiger partial charge in [0.2, 0.25) is 5.91 Å². The van der Waals surface area contributed by atoms with E-state index in [1.54, 1.807) is 11.0 Å². The number of carbonyl (C=O) groups excluding carboxylic acids is 2. The van der Waals surface area contributed by atoms with Crippen molar-refractivity contribution in [3.05, 3.63) is 30.1 Å². The summed E-state index contributed by atoms with van der Waals surface area (Å²) in [6, 6.07) is 5.27. The predicted octanol–water partition coefficient (Wildman–Crippen LogP) is 0.347. The van der Waals surface area contributed by atoms with Gasteiger partial charge in [0.25, 0.3) is 0 Å². The van der Waals surface area contributed by atoms with Crippen LogP contribution in [-0.2, 0) is 19.4 Å². The van der Waals surface area contributed by atoms with Gasteiger partial charge >= 0.3 is 0 Å². The molecule has 0 unspecified atom stereocenters. The first-order valence-corrected chi connectivity index (χ1v) is 10.7. The van der Waals surface area contributed by atoms with Gasteiger partial charge in [-0.15, -0.1) is 0 Å². The van der Waals surface area contributed by atoms with Crippen LogP contribution in [0.5, 0.6) is 0 Å². The second-order valence-electron chi connectivity index (χ2n) is 6.16. The van der Waals surface area contributed by atoms with Gasteiger partial charge in [-0.25, -0.2) is 12.8 Å². The lowest BCUT2D eigenvalue weighted by molar-refractivity contribution is -0.305. The van der Waals surface area contributed by atoms with E-state index in [4.69, 9.17) is 0 Å². The van der Waals surface area contributed by atoms with Crippen LogP contribution in [-0.4, -0.2) is 48.3 Å². The molecule has 0 radical (unpaired) electrons. The van der Waals surface area contributed by atoms with Gasteiger partial charge in [-0.3, -0.25) is 4.79 Å². The smallest absolute Gasteiger partial charge is 0.248 e. The highest BCUT2D eigenvalue weighted by atomic mass is 32.2. The molecule has 2 fully saturated rings. The van der Waals surface area contributed by atoms with Crippen molar-refractivity contribution in [2.45, 2.75) is 30.6 Å². The first kappa shape index (κ1) is 18.8. The highest BCUT2D eigenvalue weighted by molar-refractivity contribution is 8.16. The second kappa shape index (κ2) is 7.36. The molecular weight excluding hydrogens is 383 g/mol. The van der Waals surface area contributed by atoms with E-state index in [0.29, 0.717) is 10.9 Å². The molecule has 10 heteroatoms. The highest BCUT2D eigenvalue weighted by Crippen LogP contribution is 2.41. The summed E-state index contributed by atoms with van der Waals surface area (Å²) in [6.07, 6.45) is -0.173. The number of sulfone groups is 1. The fourth-order valence-electron chi connectivity index (χ4n) is 3.04. The topological polar surface area (TPSA) is 107 Å². The zero-order chi connectivity index (χ0) is 18.9. The molecule has 2 saturated heterocycles. The molecule has 1 aromatic carbocycles. The number of benzene rings is 1. The maximum Gasteiger partial charge on any atom is 0.248 e. The van der Waals surface area contributed by atoms with Gasteiger partial charge in [0.15, 0.2) is 15.0 Å². The second-order valence-corrected chi connectivity index (χ2v) is 9.52. The van der Waals surface area contributed by atoms with Crippen molar-refractivity contribution in [3.63, 3.8) is 0 Å². The number of carbonyl (C=O) groups is 2. The van der Waals surface area contributed by atoms with Gasteiger partial charge in [-0.05, 0) is 31.0 Å². The highest BCUT2D eigenvalue weighted by Gasteiger charge is 2.49. The lowest BCUT2D eigenvalue weighted by Gasteiger charge is -2.24. The number of rotatable bonds is 5. The Morgan fingerprint density at radius 3 is 2.77 bits per heavy atom. The lowest BCUT2D eigenvalue weighted by atomic mass is 10.2. The third kappa shape index (κ3) is 4.24. The maximum atomic E-state index is 13.6. The Hall–Kier alpha value is -1.94.